The second-order valence-electron chi connectivity index (χ2n) is 20.2. The molecule has 0 radical (unpaired) electrons. The number of para-hydroxylation sites is 1. The number of aromatic nitrogens is 1. The van der Waals surface area contributed by atoms with Crippen molar-refractivity contribution < 1.29 is 72.9 Å². The second kappa shape index (κ2) is 33.7. The Labute approximate surface area is 479 Å². The molecule has 1 fully saturated rings. The quantitative estimate of drug-likeness (QED) is 0.0234. The fraction of sp³-hybridized carbons (Fsp3) is 0.608. The first-order chi connectivity index (χ1) is 38.2. The van der Waals surface area contributed by atoms with Crippen LogP contribution in [0, 0.1) is 5.92 Å². The number of aliphatic hydroxyl groups is 2. The number of nitrogens with two attached hydrogens (primary N) is 2. The van der Waals surface area contributed by atoms with Gasteiger partial charge in [-0.3, -0.25) is 57.5 Å². The number of H-pyrrole nitrogens is 1. The van der Waals surface area contributed by atoms with E-state index in [2.05, 4.69) is 78.1 Å². The zero-order chi connectivity index (χ0) is 60.7. The molecule has 1 aromatic heterocycles. The van der Waals surface area contributed by atoms with E-state index in [1.807, 2.05) is 0 Å². The molecule has 2 heterocycles. The second-order valence-corrected chi connectivity index (χ2v) is 20.9. The van der Waals surface area contributed by atoms with Gasteiger partial charge in [0.25, 0.3) is 0 Å². The molecular weight excluding hydrogens is 1100 g/mol. The molecular formula is C51H79N13O15S2. The van der Waals surface area contributed by atoms with E-state index in [1.54, 1.807) is 44.3 Å². The van der Waals surface area contributed by atoms with Gasteiger partial charge in [0.1, 0.15) is 54.4 Å². The van der Waals surface area contributed by atoms with Crippen molar-refractivity contribution in [1.82, 2.24) is 57.7 Å². The number of amides is 11. The van der Waals surface area contributed by atoms with Crippen LogP contribution in [0.1, 0.15) is 91.5 Å². The maximum Gasteiger partial charge on any atom is 0.303 e. The maximum atomic E-state index is 14.4. The predicted molar refractivity (Wildman–Crippen MR) is 300 cm³/mol. The normalized spacial score (nSPS) is 16.8. The van der Waals surface area contributed by atoms with Gasteiger partial charge in [-0.15, -0.1) is 0 Å². The highest BCUT2D eigenvalue weighted by Gasteiger charge is 2.40. The van der Waals surface area contributed by atoms with Gasteiger partial charge < -0.3 is 84.5 Å². The van der Waals surface area contributed by atoms with Crippen molar-refractivity contribution in [3.63, 3.8) is 0 Å². The summed E-state index contributed by atoms with van der Waals surface area (Å²) in [4.78, 5) is 163. The Bertz CT molecular complexity index is 2550. The van der Waals surface area contributed by atoms with Gasteiger partial charge in [0.15, 0.2) is 0 Å². The molecule has 1 aromatic carbocycles. The Balaban J connectivity index is 1.83. The summed E-state index contributed by atoms with van der Waals surface area (Å²) in [5.41, 5.74) is 12.2. The minimum atomic E-state index is -1.68. The first kappa shape index (κ1) is 68.3. The maximum absolute atomic E-state index is 14.4. The molecule has 1 saturated heterocycles. The molecule has 11 atom stereocenters. The van der Waals surface area contributed by atoms with Crippen molar-refractivity contribution in [3.8, 4) is 0 Å². The van der Waals surface area contributed by atoms with Crippen molar-refractivity contribution in [2.24, 2.45) is 17.4 Å². The number of likely N-dealkylation sites (tertiary alicyclic amines) is 1. The molecule has 17 N–H and O–H groups in total. The number of fused-ring (bicyclic) bond motifs is 1. The van der Waals surface area contributed by atoms with Crippen molar-refractivity contribution in [2.75, 3.05) is 31.1 Å². The molecule has 30 heteroatoms. The number of carboxylic acid groups (broad SMARTS) is 1. The standard InChI is InChI=1S/C51H79N13O15S2/c1-25(2)19-34(46(74)62-42(27(4)66)50(78)61-36(23-80)43(53)71)59-44(72)32(13-8-9-17-52)57-39(68)22-55-48(76)38-14-10-18-64(38)51(79)33(15-16-40(69)70)58-45(73)35(20-29-21-54-31-12-7-6-11-30(29)31)60-49(77)41(26(3)65)63-47(75)37(24-81)56-28(5)67/h6-7,11-12,21,25-27,32-38,41-42,54,65-66,80-81H,8-10,13-20,22-24,52H2,1-5H3,(H2,53,71)(H,55,76)(H,56,67)(H,57,68)(H,58,73)(H,59,72)(H,60,77)(H,61,78)(H,62,74)(H,63,75)(H,69,70)/t26-,27-,32+,33+,34+,35+,36+,37+,38-,41+,42+/m1/s1. The Morgan fingerprint density at radius 2 is 1.25 bits per heavy atom. The zero-order valence-electron chi connectivity index (χ0n) is 46.0. The fourth-order valence-corrected chi connectivity index (χ4v) is 9.31. The number of carbonyl (C=O) groups is 12. The van der Waals surface area contributed by atoms with Gasteiger partial charge in [0.2, 0.25) is 65.0 Å². The highest BCUT2D eigenvalue weighted by atomic mass is 32.1. The number of aliphatic hydroxyl groups excluding tert-OH is 2. The fourth-order valence-electron chi connectivity index (χ4n) is 8.79. The summed E-state index contributed by atoms with van der Waals surface area (Å²) in [6.45, 7) is 6.63. The highest BCUT2D eigenvalue weighted by Crippen LogP contribution is 2.22. The van der Waals surface area contributed by atoms with Crippen molar-refractivity contribution in [2.45, 2.75) is 159 Å². The highest BCUT2D eigenvalue weighted by molar-refractivity contribution is 7.80. The topological polar surface area (TPSA) is 445 Å². The lowest BCUT2D eigenvalue weighted by Gasteiger charge is -2.30. The molecule has 1 aliphatic heterocycles. The van der Waals surface area contributed by atoms with Crippen LogP contribution < -0.4 is 59.3 Å². The average molecular weight is 1180 g/mol. The predicted octanol–water partition coefficient (Wildman–Crippen LogP) is -4.14. The summed E-state index contributed by atoms with van der Waals surface area (Å²) in [6, 6.07) is -5.60. The molecule has 0 saturated carbocycles. The van der Waals surface area contributed by atoms with Crippen LogP contribution in [0.25, 0.3) is 10.9 Å². The molecule has 0 aliphatic carbocycles. The lowest BCUT2D eigenvalue weighted by Crippen LogP contribution is -2.61. The van der Waals surface area contributed by atoms with Crippen LogP contribution in [-0.2, 0) is 64.0 Å². The van der Waals surface area contributed by atoms with Crippen LogP contribution in [0.15, 0.2) is 30.5 Å². The number of primary amides is 1. The number of benzene rings is 1. The Hall–Kier alpha value is -7.02. The molecule has 2 aromatic rings. The molecule has 11 amide bonds. The number of thiol groups is 2. The molecule has 0 spiro atoms. The van der Waals surface area contributed by atoms with E-state index < -0.39 is 157 Å². The minimum Gasteiger partial charge on any atom is -0.481 e. The van der Waals surface area contributed by atoms with Gasteiger partial charge in [-0.25, -0.2) is 0 Å². The molecule has 1 aliphatic rings. The first-order valence-corrected chi connectivity index (χ1v) is 27.8. The Morgan fingerprint density at radius 1 is 0.691 bits per heavy atom. The molecule has 450 valence electrons. The summed E-state index contributed by atoms with van der Waals surface area (Å²) in [5, 5.41) is 53.6. The molecule has 0 bridgehead atoms. The third-order valence-corrected chi connectivity index (χ3v) is 13.8. The molecule has 0 unspecified atom stereocenters. The molecule has 28 nitrogen and oxygen atoms in total. The van der Waals surface area contributed by atoms with Gasteiger partial charge in [-0.1, -0.05) is 32.0 Å². The van der Waals surface area contributed by atoms with Crippen LogP contribution in [0.3, 0.4) is 0 Å². The number of unbranched alkanes of at least 4 members (excludes halogenated alkanes) is 1. The number of hydrogen-bond donors (Lipinski definition) is 17. The van der Waals surface area contributed by atoms with Gasteiger partial charge in [-0.05, 0) is 82.9 Å². The van der Waals surface area contributed by atoms with E-state index in [1.165, 1.54) is 20.8 Å². The van der Waals surface area contributed by atoms with Crippen molar-refractivity contribution in [3.05, 3.63) is 36.0 Å². The van der Waals surface area contributed by atoms with Crippen LogP contribution in [0.4, 0.5) is 0 Å². The number of rotatable bonds is 34. The number of nitrogens with zero attached hydrogens (tertiary/aromatic N) is 1. The van der Waals surface area contributed by atoms with Gasteiger partial charge >= 0.3 is 5.97 Å². The summed E-state index contributed by atoms with van der Waals surface area (Å²) in [6.07, 6.45) is -1.53. The van der Waals surface area contributed by atoms with E-state index in [-0.39, 0.29) is 62.6 Å². The van der Waals surface area contributed by atoms with Crippen LogP contribution in [0.5, 0.6) is 0 Å². The van der Waals surface area contributed by atoms with E-state index in [9.17, 15) is 72.9 Å². The zero-order valence-corrected chi connectivity index (χ0v) is 47.7. The van der Waals surface area contributed by atoms with Crippen LogP contribution in [0.2, 0.25) is 0 Å². The van der Waals surface area contributed by atoms with Crippen molar-refractivity contribution >= 4 is 107 Å². The average Bonchev–Trinajstić information content (AvgIpc) is 4.09. The van der Waals surface area contributed by atoms with E-state index in [4.69, 9.17) is 11.5 Å². The van der Waals surface area contributed by atoms with Crippen molar-refractivity contribution in [1.29, 1.82) is 0 Å². The Kier molecular flexibility index (Phi) is 28.4. The number of hydrogen-bond acceptors (Lipinski definition) is 17. The third-order valence-electron chi connectivity index (χ3n) is 13.0. The summed E-state index contributed by atoms with van der Waals surface area (Å²) in [5.74, 6) is -11.4. The lowest BCUT2D eigenvalue weighted by atomic mass is 10.0. The minimum absolute atomic E-state index is 0.0275. The van der Waals surface area contributed by atoms with Gasteiger partial charge in [0.05, 0.1) is 18.8 Å². The summed E-state index contributed by atoms with van der Waals surface area (Å²) >= 11 is 8.08. The molecule has 3 rings (SSSR count). The number of aromatic amines is 1. The number of nitrogens with one attached hydrogen (secondary N) is 10. The third kappa shape index (κ3) is 21.8. The van der Waals surface area contributed by atoms with Gasteiger partial charge in [-0.2, -0.15) is 25.3 Å². The first-order valence-electron chi connectivity index (χ1n) is 26.5. The van der Waals surface area contributed by atoms with Crippen LogP contribution in [-0.4, -0.2) is 194 Å². The smallest absolute Gasteiger partial charge is 0.303 e. The van der Waals surface area contributed by atoms with E-state index in [0.29, 0.717) is 29.3 Å². The molecule has 81 heavy (non-hydrogen) atoms. The van der Waals surface area contributed by atoms with E-state index >= 15 is 0 Å². The number of carbonyl (C=O) groups excluding carboxylic acids is 11. The number of carboxylic acids is 1. The largest absolute Gasteiger partial charge is 0.481 e. The van der Waals surface area contributed by atoms with E-state index in [0.717, 1.165) is 4.90 Å². The Morgan fingerprint density at radius 3 is 1.80 bits per heavy atom. The monoisotopic (exact) mass is 1180 g/mol. The summed E-state index contributed by atoms with van der Waals surface area (Å²) < 4.78 is 0. The van der Waals surface area contributed by atoms with Gasteiger partial charge in [0, 0.05) is 54.9 Å². The SMILES string of the molecule is CC(=O)N[C@@H](CS)C(=O)N[C@H](C(=O)N[C@@H](Cc1c[nH]c2ccccc12)C(=O)N[C@@H](CCC(=O)O)C(=O)N1CCC[C@@H]1C(=O)NCC(=O)N[C@@H](CCCCN)C(=O)N[C@@H](CC(C)C)C(=O)N[C@H](C(=O)N[C@@H](CS)C(N)=O)[C@@H](C)O)[C@@H](C)O. The lowest BCUT2D eigenvalue weighted by molar-refractivity contribution is -0.143. The number of aliphatic carboxylic acids is 1. The van der Waals surface area contributed by atoms with Crippen LogP contribution >= 0.6 is 25.3 Å². The summed E-state index contributed by atoms with van der Waals surface area (Å²) in [7, 11) is 0.